The van der Waals surface area contributed by atoms with Crippen molar-refractivity contribution < 1.29 is 27.2 Å². The van der Waals surface area contributed by atoms with Gasteiger partial charge in [0, 0.05) is 5.56 Å². The first-order chi connectivity index (χ1) is 13.2. The fourth-order valence-corrected chi connectivity index (χ4v) is 2.87. The highest BCUT2D eigenvalue weighted by Crippen LogP contribution is 2.41. The summed E-state index contributed by atoms with van der Waals surface area (Å²) in [6, 6.07) is 9.34. The van der Waals surface area contributed by atoms with Gasteiger partial charge in [0.25, 0.3) is 5.91 Å². The van der Waals surface area contributed by atoms with Gasteiger partial charge < -0.3 is 10.6 Å². The topological polar surface area (TPSA) is 58.2 Å². The molecule has 0 bridgehead atoms. The van der Waals surface area contributed by atoms with Crippen LogP contribution >= 0.6 is 0 Å². The smallest absolute Gasteiger partial charge is 0.347 e. The fraction of sp³-hybridized carbons (Fsp3) is 0.300. The molecule has 0 aliphatic heterocycles. The zero-order valence-electron chi connectivity index (χ0n) is 14.7. The van der Waals surface area contributed by atoms with Crippen molar-refractivity contribution in [1.82, 2.24) is 10.6 Å². The Balaban J connectivity index is 1.55. The van der Waals surface area contributed by atoms with Gasteiger partial charge in [-0.1, -0.05) is 12.1 Å². The average Bonchev–Trinajstić information content (AvgIpc) is 3.49. The van der Waals surface area contributed by atoms with Gasteiger partial charge in [-0.25, -0.2) is 4.39 Å². The number of halogens is 4. The summed E-state index contributed by atoms with van der Waals surface area (Å²) < 4.78 is 50.8. The van der Waals surface area contributed by atoms with E-state index in [0.717, 1.165) is 42.7 Å². The summed E-state index contributed by atoms with van der Waals surface area (Å²) in [6.45, 7) is -0.315. The predicted octanol–water partition coefficient (Wildman–Crippen LogP) is 3.84. The molecule has 1 saturated carbocycles. The number of amides is 2. The maximum atomic E-state index is 13.1. The lowest BCUT2D eigenvalue weighted by Gasteiger charge is -2.19. The van der Waals surface area contributed by atoms with Crippen molar-refractivity contribution in [1.29, 1.82) is 0 Å². The largest absolute Gasteiger partial charge is 0.416 e. The SMILES string of the molecule is O=C(CNC(=O)c1ccc(C(F)(F)F)cc1)NC(c1ccc(F)cc1)C1CC1. The molecule has 2 aromatic carbocycles. The maximum absolute atomic E-state index is 13.1. The van der Waals surface area contributed by atoms with Crippen LogP contribution in [0.25, 0.3) is 0 Å². The van der Waals surface area contributed by atoms with E-state index in [-0.39, 0.29) is 29.9 Å². The molecule has 2 N–H and O–H groups in total. The molecule has 2 aromatic rings. The summed E-state index contributed by atoms with van der Waals surface area (Å²) in [4.78, 5) is 24.2. The molecule has 4 nitrogen and oxygen atoms in total. The molecule has 0 saturated heterocycles. The van der Waals surface area contributed by atoms with Crippen LogP contribution in [-0.2, 0) is 11.0 Å². The minimum atomic E-state index is -4.48. The summed E-state index contributed by atoms with van der Waals surface area (Å²) in [5, 5.41) is 5.22. The van der Waals surface area contributed by atoms with Crippen molar-refractivity contribution in [3.63, 3.8) is 0 Å². The Hall–Kier alpha value is -2.90. The monoisotopic (exact) mass is 394 g/mol. The molecular formula is C20H18F4N2O2. The minimum Gasteiger partial charge on any atom is -0.347 e. The van der Waals surface area contributed by atoms with Gasteiger partial charge in [-0.05, 0) is 60.7 Å². The first-order valence-electron chi connectivity index (χ1n) is 8.74. The van der Waals surface area contributed by atoms with Crippen LogP contribution in [0.1, 0.15) is 40.4 Å². The highest BCUT2D eigenvalue weighted by molar-refractivity contribution is 5.96. The Morgan fingerprint density at radius 3 is 2.14 bits per heavy atom. The van der Waals surface area contributed by atoms with Crippen molar-refractivity contribution in [2.24, 2.45) is 5.92 Å². The molecular weight excluding hydrogens is 376 g/mol. The Morgan fingerprint density at radius 1 is 1.00 bits per heavy atom. The third-order valence-corrected chi connectivity index (χ3v) is 4.52. The van der Waals surface area contributed by atoms with Crippen LogP contribution in [-0.4, -0.2) is 18.4 Å². The molecule has 3 rings (SSSR count). The van der Waals surface area contributed by atoms with E-state index in [1.165, 1.54) is 12.1 Å². The van der Waals surface area contributed by atoms with Crippen LogP contribution < -0.4 is 10.6 Å². The molecule has 1 aliphatic carbocycles. The van der Waals surface area contributed by atoms with E-state index in [1.54, 1.807) is 12.1 Å². The number of rotatable bonds is 6. The lowest BCUT2D eigenvalue weighted by atomic mass is 10.0. The average molecular weight is 394 g/mol. The van der Waals surface area contributed by atoms with Crippen molar-refractivity contribution in [3.05, 3.63) is 71.0 Å². The molecule has 0 aromatic heterocycles. The van der Waals surface area contributed by atoms with E-state index >= 15 is 0 Å². The van der Waals surface area contributed by atoms with Gasteiger partial charge in [-0.3, -0.25) is 9.59 Å². The molecule has 8 heteroatoms. The van der Waals surface area contributed by atoms with Gasteiger partial charge in [-0.2, -0.15) is 13.2 Å². The number of carbonyl (C=O) groups excluding carboxylic acids is 2. The number of hydrogen-bond donors (Lipinski definition) is 2. The van der Waals surface area contributed by atoms with Gasteiger partial charge in [0.15, 0.2) is 0 Å². The molecule has 1 aliphatic rings. The second-order valence-electron chi connectivity index (χ2n) is 6.69. The van der Waals surface area contributed by atoms with Gasteiger partial charge in [-0.15, -0.1) is 0 Å². The number of hydrogen-bond acceptors (Lipinski definition) is 2. The Morgan fingerprint density at radius 2 is 1.61 bits per heavy atom. The summed E-state index contributed by atoms with van der Waals surface area (Å²) in [5.74, 6) is -1.18. The zero-order valence-corrected chi connectivity index (χ0v) is 14.7. The highest BCUT2D eigenvalue weighted by atomic mass is 19.4. The van der Waals surface area contributed by atoms with E-state index in [1.807, 2.05) is 0 Å². The van der Waals surface area contributed by atoms with E-state index in [2.05, 4.69) is 10.6 Å². The van der Waals surface area contributed by atoms with E-state index in [9.17, 15) is 27.2 Å². The number of alkyl halides is 3. The predicted molar refractivity (Wildman–Crippen MR) is 93.8 cm³/mol. The quantitative estimate of drug-likeness (QED) is 0.732. The summed E-state index contributed by atoms with van der Waals surface area (Å²) in [7, 11) is 0. The normalized spacial score (nSPS) is 15.0. The van der Waals surface area contributed by atoms with Gasteiger partial charge in [0.1, 0.15) is 5.82 Å². The van der Waals surface area contributed by atoms with Crippen LogP contribution in [0.4, 0.5) is 17.6 Å². The molecule has 1 atom stereocenters. The van der Waals surface area contributed by atoms with Gasteiger partial charge in [0.05, 0.1) is 18.2 Å². The third-order valence-electron chi connectivity index (χ3n) is 4.52. The van der Waals surface area contributed by atoms with Crippen LogP contribution in [0.5, 0.6) is 0 Å². The van der Waals surface area contributed by atoms with E-state index in [4.69, 9.17) is 0 Å². The molecule has 0 spiro atoms. The summed E-state index contributed by atoms with van der Waals surface area (Å²) in [6.07, 6.45) is -2.59. The second-order valence-corrected chi connectivity index (χ2v) is 6.69. The molecule has 0 heterocycles. The number of carbonyl (C=O) groups is 2. The Kier molecular flexibility index (Phi) is 5.67. The summed E-state index contributed by atoms with van der Waals surface area (Å²) in [5.41, 5.74) is -0.0437. The van der Waals surface area contributed by atoms with Crippen LogP contribution in [0.15, 0.2) is 48.5 Å². The lowest BCUT2D eigenvalue weighted by Crippen LogP contribution is -2.39. The molecule has 148 valence electrons. The minimum absolute atomic E-state index is 0.0260. The third kappa shape index (κ3) is 5.09. The molecule has 1 fully saturated rings. The second kappa shape index (κ2) is 8.00. The van der Waals surface area contributed by atoms with Gasteiger partial charge >= 0.3 is 6.18 Å². The number of nitrogens with one attached hydrogen (secondary N) is 2. The maximum Gasteiger partial charge on any atom is 0.416 e. The lowest BCUT2D eigenvalue weighted by molar-refractivity contribution is -0.137. The Labute approximate surface area is 158 Å². The van der Waals surface area contributed by atoms with Crippen molar-refractivity contribution in [2.45, 2.75) is 25.1 Å². The van der Waals surface area contributed by atoms with Crippen molar-refractivity contribution in [2.75, 3.05) is 6.54 Å². The van der Waals surface area contributed by atoms with Crippen molar-refractivity contribution >= 4 is 11.8 Å². The van der Waals surface area contributed by atoms with Crippen LogP contribution in [0, 0.1) is 11.7 Å². The standard InChI is InChI=1S/C20H18F4N2O2/c21-16-9-5-13(6-10-16)18(12-1-2-12)26-17(27)11-25-19(28)14-3-7-15(8-4-14)20(22,23)24/h3-10,12,18H,1-2,11H2,(H,25,28)(H,26,27). The van der Waals surface area contributed by atoms with Gasteiger partial charge in [0.2, 0.25) is 5.91 Å². The van der Waals surface area contributed by atoms with E-state index < -0.39 is 23.6 Å². The Bertz CT molecular complexity index is 844. The van der Waals surface area contributed by atoms with Crippen molar-refractivity contribution in [3.8, 4) is 0 Å². The fourth-order valence-electron chi connectivity index (χ4n) is 2.87. The molecule has 28 heavy (non-hydrogen) atoms. The molecule has 0 radical (unpaired) electrons. The first kappa shape index (κ1) is 19.9. The molecule has 2 amide bonds. The van der Waals surface area contributed by atoms with E-state index in [0.29, 0.717) is 0 Å². The van der Waals surface area contributed by atoms with Crippen LogP contribution in [0.2, 0.25) is 0 Å². The first-order valence-corrected chi connectivity index (χ1v) is 8.74. The number of benzene rings is 2. The summed E-state index contributed by atoms with van der Waals surface area (Å²) >= 11 is 0. The zero-order chi connectivity index (χ0) is 20.3. The molecule has 1 unspecified atom stereocenters. The van der Waals surface area contributed by atoms with Crippen LogP contribution in [0.3, 0.4) is 0 Å². The highest BCUT2D eigenvalue weighted by Gasteiger charge is 2.33.